The van der Waals surface area contributed by atoms with Gasteiger partial charge in [-0.05, 0) is 43.5 Å². The van der Waals surface area contributed by atoms with Crippen molar-refractivity contribution in [2.75, 3.05) is 7.11 Å². The summed E-state index contributed by atoms with van der Waals surface area (Å²) in [4.78, 5) is 0.192. The van der Waals surface area contributed by atoms with E-state index in [4.69, 9.17) is 10.5 Å². The van der Waals surface area contributed by atoms with Crippen LogP contribution in [0.2, 0.25) is 0 Å². The third kappa shape index (κ3) is 2.41. The maximum Gasteiger partial charge on any atom is 0.284 e. The van der Waals surface area contributed by atoms with E-state index in [2.05, 4.69) is 4.40 Å². The lowest BCUT2D eigenvalue weighted by Crippen LogP contribution is -2.07. The molecule has 94 valence electrons. The molecule has 17 heavy (non-hydrogen) atoms. The summed E-state index contributed by atoms with van der Waals surface area (Å²) in [7, 11) is -2.18. The summed E-state index contributed by atoms with van der Waals surface area (Å²) < 4.78 is 32.3. The van der Waals surface area contributed by atoms with Crippen LogP contribution in [0.3, 0.4) is 0 Å². The largest absolute Gasteiger partial charge is 0.496 e. The first kappa shape index (κ1) is 13.5. The van der Waals surface area contributed by atoms with Crippen molar-refractivity contribution < 1.29 is 13.2 Å². The monoisotopic (exact) mass is 256 g/mol. The average Bonchev–Trinajstić information content (AvgIpc) is 2.23. The number of ether oxygens (including phenoxy) is 1. The Hall–Kier alpha value is -1.56. The van der Waals surface area contributed by atoms with Crippen molar-refractivity contribution in [1.82, 2.24) is 0 Å². The van der Waals surface area contributed by atoms with Crippen LogP contribution >= 0.6 is 0 Å². The predicted octanol–water partition coefficient (Wildman–Crippen LogP) is 1.30. The van der Waals surface area contributed by atoms with Crippen molar-refractivity contribution in [1.29, 1.82) is 0 Å². The zero-order valence-corrected chi connectivity index (χ0v) is 11.1. The minimum Gasteiger partial charge on any atom is -0.496 e. The summed E-state index contributed by atoms with van der Waals surface area (Å²) in [5.41, 5.74) is 7.06. The number of hydrogen-bond acceptors (Lipinski definition) is 3. The Bertz CT molecular complexity index is 563. The van der Waals surface area contributed by atoms with Gasteiger partial charge in [-0.3, -0.25) is 0 Å². The lowest BCUT2D eigenvalue weighted by molar-refractivity contribution is 0.410. The van der Waals surface area contributed by atoms with Crippen LogP contribution in [0.4, 0.5) is 0 Å². The van der Waals surface area contributed by atoms with Crippen LogP contribution in [0.5, 0.6) is 5.75 Å². The van der Waals surface area contributed by atoms with Crippen LogP contribution < -0.4 is 10.5 Å². The highest BCUT2D eigenvalue weighted by Gasteiger charge is 2.21. The molecule has 1 rings (SSSR count). The van der Waals surface area contributed by atoms with E-state index in [1.165, 1.54) is 0 Å². The maximum atomic E-state index is 11.9. The predicted molar refractivity (Wildman–Crippen MR) is 67.1 cm³/mol. The molecule has 0 aliphatic heterocycles. The third-order valence-electron chi connectivity index (χ3n) is 2.66. The normalized spacial score (nSPS) is 12.0. The second-order valence-electron chi connectivity index (χ2n) is 3.70. The Morgan fingerprint density at radius 2 is 1.88 bits per heavy atom. The molecule has 0 atom stereocenters. The molecule has 0 saturated heterocycles. The topological polar surface area (TPSA) is 81.8 Å². The molecule has 0 bridgehead atoms. The first-order valence-electron chi connectivity index (χ1n) is 5.00. The number of nitrogens with zero attached hydrogens (tertiary/aromatic N) is 1. The Morgan fingerprint density at radius 1 is 1.29 bits per heavy atom. The van der Waals surface area contributed by atoms with Gasteiger partial charge in [-0.25, -0.2) is 0 Å². The van der Waals surface area contributed by atoms with Crippen molar-refractivity contribution in [3.63, 3.8) is 0 Å². The van der Waals surface area contributed by atoms with E-state index < -0.39 is 10.0 Å². The standard InChI is InChI=1S/C11H16N2O3S/c1-7-5-10(16-4)8(2)9(3)11(7)17(14,15)13-6-12/h5-6H,1-4H3,(H2,12,13). The first-order chi connectivity index (χ1) is 7.85. The fraction of sp³-hybridized carbons (Fsp3) is 0.364. The van der Waals surface area contributed by atoms with E-state index in [1.54, 1.807) is 33.9 Å². The summed E-state index contributed by atoms with van der Waals surface area (Å²) in [6.07, 6.45) is 0.785. The fourth-order valence-corrected chi connectivity index (χ4v) is 3.03. The zero-order chi connectivity index (χ0) is 13.2. The zero-order valence-electron chi connectivity index (χ0n) is 10.3. The Labute approximate surface area is 101 Å². The summed E-state index contributed by atoms with van der Waals surface area (Å²) in [6.45, 7) is 5.23. The SMILES string of the molecule is COc1cc(C)c(S(=O)(=O)N=CN)c(C)c1C. The van der Waals surface area contributed by atoms with Crippen molar-refractivity contribution in [2.45, 2.75) is 25.7 Å². The van der Waals surface area contributed by atoms with Gasteiger partial charge in [0.05, 0.1) is 18.3 Å². The summed E-state index contributed by atoms with van der Waals surface area (Å²) in [5, 5.41) is 0. The van der Waals surface area contributed by atoms with Crippen LogP contribution in [-0.4, -0.2) is 21.9 Å². The van der Waals surface area contributed by atoms with Gasteiger partial charge >= 0.3 is 0 Å². The van der Waals surface area contributed by atoms with Gasteiger partial charge in [0.25, 0.3) is 10.0 Å². The van der Waals surface area contributed by atoms with Crippen molar-refractivity contribution in [2.24, 2.45) is 10.1 Å². The van der Waals surface area contributed by atoms with Crippen LogP contribution in [0.1, 0.15) is 16.7 Å². The molecule has 0 aliphatic carbocycles. The number of methoxy groups -OCH3 is 1. The highest BCUT2D eigenvalue weighted by Crippen LogP contribution is 2.31. The first-order valence-corrected chi connectivity index (χ1v) is 6.44. The fourth-order valence-electron chi connectivity index (χ4n) is 1.76. The smallest absolute Gasteiger partial charge is 0.284 e. The van der Waals surface area contributed by atoms with Crippen molar-refractivity contribution in [3.05, 3.63) is 22.8 Å². The lowest BCUT2D eigenvalue weighted by Gasteiger charge is -2.14. The van der Waals surface area contributed by atoms with Crippen molar-refractivity contribution in [3.8, 4) is 5.75 Å². The Morgan fingerprint density at radius 3 is 2.35 bits per heavy atom. The van der Waals surface area contributed by atoms with Crippen LogP contribution in [0.15, 0.2) is 15.4 Å². The van der Waals surface area contributed by atoms with Gasteiger partial charge < -0.3 is 10.5 Å². The van der Waals surface area contributed by atoms with Gasteiger partial charge in [-0.2, -0.15) is 12.8 Å². The summed E-state index contributed by atoms with van der Waals surface area (Å²) >= 11 is 0. The van der Waals surface area contributed by atoms with Gasteiger partial charge in [0.15, 0.2) is 0 Å². The van der Waals surface area contributed by atoms with Gasteiger partial charge in [0, 0.05) is 0 Å². The van der Waals surface area contributed by atoms with Gasteiger partial charge in [0.2, 0.25) is 0 Å². The Kier molecular flexibility index (Phi) is 3.77. The highest BCUT2D eigenvalue weighted by molar-refractivity contribution is 7.90. The van der Waals surface area contributed by atoms with Gasteiger partial charge in [-0.1, -0.05) is 0 Å². The quantitative estimate of drug-likeness (QED) is 0.652. The van der Waals surface area contributed by atoms with Crippen LogP contribution in [0, 0.1) is 20.8 Å². The number of aryl methyl sites for hydroxylation is 1. The third-order valence-corrected chi connectivity index (χ3v) is 4.20. The van der Waals surface area contributed by atoms with Gasteiger partial charge in [0.1, 0.15) is 5.75 Å². The molecule has 0 aliphatic rings. The van der Waals surface area contributed by atoms with E-state index in [0.717, 1.165) is 11.9 Å². The van der Waals surface area contributed by atoms with E-state index in [-0.39, 0.29) is 4.90 Å². The molecular weight excluding hydrogens is 240 g/mol. The van der Waals surface area contributed by atoms with Gasteiger partial charge in [-0.15, -0.1) is 0 Å². The average molecular weight is 256 g/mol. The minimum atomic E-state index is -3.73. The number of hydrogen-bond donors (Lipinski definition) is 1. The molecule has 0 aromatic heterocycles. The molecule has 5 nitrogen and oxygen atoms in total. The van der Waals surface area contributed by atoms with Crippen molar-refractivity contribution >= 4 is 16.4 Å². The van der Waals surface area contributed by atoms with E-state index in [9.17, 15) is 8.42 Å². The molecular formula is C11H16N2O3S. The minimum absolute atomic E-state index is 0.192. The molecule has 6 heteroatoms. The number of nitrogens with two attached hydrogens (primary N) is 1. The summed E-state index contributed by atoms with van der Waals surface area (Å²) in [6, 6.07) is 1.68. The second-order valence-corrected chi connectivity index (χ2v) is 5.27. The molecule has 2 N–H and O–H groups in total. The number of sulfonamides is 1. The molecule has 0 amide bonds. The number of rotatable bonds is 3. The Balaban J connectivity index is 3.63. The molecule has 1 aromatic carbocycles. The maximum absolute atomic E-state index is 11.9. The molecule has 0 unspecified atom stereocenters. The second kappa shape index (κ2) is 4.75. The van der Waals surface area contributed by atoms with Crippen LogP contribution in [-0.2, 0) is 10.0 Å². The molecule has 0 spiro atoms. The molecule has 0 saturated carbocycles. The molecule has 0 heterocycles. The number of benzene rings is 1. The van der Waals surface area contributed by atoms with Crippen LogP contribution in [0.25, 0.3) is 0 Å². The summed E-state index contributed by atoms with van der Waals surface area (Å²) in [5.74, 6) is 0.663. The lowest BCUT2D eigenvalue weighted by atomic mass is 10.1. The molecule has 0 fully saturated rings. The molecule has 0 radical (unpaired) electrons. The van der Waals surface area contributed by atoms with E-state index >= 15 is 0 Å². The van der Waals surface area contributed by atoms with E-state index in [0.29, 0.717) is 16.9 Å². The van der Waals surface area contributed by atoms with E-state index in [1.807, 2.05) is 0 Å². The molecule has 1 aromatic rings. The highest BCUT2D eigenvalue weighted by atomic mass is 32.2.